The lowest BCUT2D eigenvalue weighted by molar-refractivity contribution is 0.382. The van der Waals surface area contributed by atoms with Crippen molar-refractivity contribution in [3.05, 3.63) is 44.5 Å². The largest absolute Gasteiger partial charge is 0.324 e. The van der Waals surface area contributed by atoms with Gasteiger partial charge >= 0.3 is 11.1 Å². The van der Waals surface area contributed by atoms with Gasteiger partial charge < -0.3 is 15.7 Å². The van der Waals surface area contributed by atoms with Gasteiger partial charge in [0.15, 0.2) is 0 Å². The molecule has 1 aliphatic rings. The molecule has 5 nitrogen and oxygen atoms in total. The van der Waals surface area contributed by atoms with Crippen molar-refractivity contribution in [1.82, 2.24) is 9.97 Å². The molecule has 1 fully saturated rings. The van der Waals surface area contributed by atoms with E-state index in [-0.39, 0.29) is 6.04 Å². The van der Waals surface area contributed by atoms with Gasteiger partial charge in [0, 0.05) is 6.04 Å². The third kappa shape index (κ3) is 2.93. The quantitative estimate of drug-likeness (QED) is 0.584. The van der Waals surface area contributed by atoms with E-state index in [0.29, 0.717) is 17.0 Å². The van der Waals surface area contributed by atoms with Crippen LogP contribution >= 0.6 is 0 Å². The van der Waals surface area contributed by atoms with Crippen LogP contribution in [0.1, 0.15) is 50.1 Å². The molecule has 0 bridgehead atoms. The van der Waals surface area contributed by atoms with E-state index in [2.05, 4.69) is 9.97 Å². The summed E-state index contributed by atoms with van der Waals surface area (Å²) in [5.41, 5.74) is 7.49. The number of hydrogen-bond acceptors (Lipinski definition) is 3. The van der Waals surface area contributed by atoms with E-state index in [4.69, 9.17) is 5.73 Å². The van der Waals surface area contributed by atoms with E-state index < -0.39 is 11.1 Å². The summed E-state index contributed by atoms with van der Waals surface area (Å²) in [7, 11) is 0. The molecule has 112 valence electrons. The Kier molecular flexibility index (Phi) is 3.92. The molecule has 1 heterocycles. The molecule has 0 aliphatic heterocycles. The molecule has 1 aromatic heterocycles. The molecule has 21 heavy (non-hydrogen) atoms. The summed E-state index contributed by atoms with van der Waals surface area (Å²) in [6, 6.07) is 5.65. The van der Waals surface area contributed by atoms with Crippen LogP contribution in [-0.2, 0) is 0 Å². The van der Waals surface area contributed by atoms with Crippen LogP contribution in [0, 0.1) is 5.92 Å². The Morgan fingerprint density at radius 1 is 0.952 bits per heavy atom. The number of H-pyrrole nitrogens is 2. The first-order valence-corrected chi connectivity index (χ1v) is 7.67. The van der Waals surface area contributed by atoms with Crippen molar-refractivity contribution >= 4 is 11.0 Å². The van der Waals surface area contributed by atoms with Crippen molar-refractivity contribution < 1.29 is 0 Å². The maximum Gasteiger partial charge on any atom is 0.314 e. The summed E-state index contributed by atoms with van der Waals surface area (Å²) >= 11 is 0. The zero-order valence-corrected chi connectivity index (χ0v) is 12.0. The second-order valence-electron chi connectivity index (χ2n) is 5.99. The van der Waals surface area contributed by atoms with Gasteiger partial charge in [-0.3, -0.25) is 9.59 Å². The summed E-state index contributed by atoms with van der Waals surface area (Å²) < 4.78 is 0. The molecule has 0 spiro atoms. The Bertz CT molecular complexity index is 739. The summed E-state index contributed by atoms with van der Waals surface area (Å²) in [6.45, 7) is 0. The highest BCUT2D eigenvalue weighted by molar-refractivity contribution is 5.74. The summed E-state index contributed by atoms with van der Waals surface area (Å²) in [5.74, 6) is 0.499. The van der Waals surface area contributed by atoms with Crippen molar-refractivity contribution in [2.45, 2.75) is 44.6 Å². The second kappa shape index (κ2) is 5.85. The lowest BCUT2D eigenvalue weighted by atomic mass is 9.88. The Morgan fingerprint density at radius 2 is 1.57 bits per heavy atom. The summed E-state index contributed by atoms with van der Waals surface area (Å²) in [6.07, 6.45) is 7.43. The molecular formula is C16H21N3O2. The first-order valence-electron chi connectivity index (χ1n) is 7.67. The molecule has 5 heteroatoms. The number of rotatable bonds is 2. The van der Waals surface area contributed by atoms with Gasteiger partial charge in [-0.2, -0.15) is 0 Å². The molecule has 0 radical (unpaired) electrons. The number of aromatic nitrogens is 2. The summed E-state index contributed by atoms with van der Waals surface area (Å²) in [4.78, 5) is 27.9. The maximum atomic E-state index is 11.4. The molecule has 1 unspecified atom stereocenters. The smallest absolute Gasteiger partial charge is 0.314 e. The van der Waals surface area contributed by atoms with Gasteiger partial charge in [0.1, 0.15) is 0 Å². The van der Waals surface area contributed by atoms with E-state index in [0.717, 1.165) is 5.56 Å². The zero-order chi connectivity index (χ0) is 14.8. The Labute approximate surface area is 122 Å². The molecular weight excluding hydrogens is 266 g/mol. The zero-order valence-electron chi connectivity index (χ0n) is 12.0. The number of nitrogens with two attached hydrogens (primary N) is 1. The molecule has 1 atom stereocenters. The molecule has 1 aliphatic carbocycles. The number of fused-ring (bicyclic) bond motifs is 1. The molecule has 0 saturated heterocycles. The molecule has 2 aromatic rings. The SMILES string of the molecule is NC(c1ccc2[nH]c(=O)c(=O)[nH]c2c1)C1CCCCCC1. The third-order valence-corrected chi connectivity index (χ3v) is 4.54. The first-order chi connectivity index (χ1) is 10.1. The topological polar surface area (TPSA) is 91.7 Å². The first kappa shape index (κ1) is 14.1. The van der Waals surface area contributed by atoms with E-state index in [1.54, 1.807) is 0 Å². The molecule has 1 saturated carbocycles. The second-order valence-corrected chi connectivity index (χ2v) is 5.99. The fraction of sp³-hybridized carbons (Fsp3) is 0.500. The van der Waals surface area contributed by atoms with E-state index in [9.17, 15) is 9.59 Å². The molecule has 1 aromatic carbocycles. The van der Waals surface area contributed by atoms with Gasteiger partial charge in [-0.05, 0) is 36.5 Å². The van der Waals surface area contributed by atoms with Crippen molar-refractivity contribution in [2.24, 2.45) is 11.7 Å². The Hall–Kier alpha value is -1.88. The lowest BCUT2D eigenvalue weighted by Gasteiger charge is -2.23. The number of nitrogens with one attached hydrogen (secondary N) is 2. The normalized spacial score (nSPS) is 18.5. The van der Waals surface area contributed by atoms with Crippen LogP contribution in [-0.4, -0.2) is 9.97 Å². The lowest BCUT2D eigenvalue weighted by Crippen LogP contribution is -2.29. The van der Waals surface area contributed by atoms with E-state index in [1.807, 2.05) is 18.2 Å². The monoisotopic (exact) mass is 287 g/mol. The van der Waals surface area contributed by atoms with Crippen molar-refractivity contribution in [3.8, 4) is 0 Å². The number of benzene rings is 1. The molecule has 4 N–H and O–H groups in total. The van der Waals surface area contributed by atoms with Crippen LogP contribution < -0.4 is 16.9 Å². The van der Waals surface area contributed by atoms with Crippen LogP contribution in [0.3, 0.4) is 0 Å². The Balaban J connectivity index is 1.94. The van der Waals surface area contributed by atoms with Crippen LogP contribution in [0.2, 0.25) is 0 Å². The highest BCUT2D eigenvalue weighted by Crippen LogP contribution is 2.32. The minimum atomic E-state index is -0.623. The number of aromatic amines is 2. The van der Waals surface area contributed by atoms with Gasteiger partial charge in [-0.15, -0.1) is 0 Å². The van der Waals surface area contributed by atoms with Crippen molar-refractivity contribution in [1.29, 1.82) is 0 Å². The van der Waals surface area contributed by atoms with Gasteiger partial charge in [0.2, 0.25) is 0 Å². The van der Waals surface area contributed by atoms with Crippen LogP contribution in [0.25, 0.3) is 11.0 Å². The third-order valence-electron chi connectivity index (χ3n) is 4.54. The predicted molar refractivity (Wildman–Crippen MR) is 83.3 cm³/mol. The average Bonchev–Trinajstić information content (AvgIpc) is 2.76. The predicted octanol–water partition coefficient (Wildman–Crippen LogP) is 2.19. The van der Waals surface area contributed by atoms with Crippen molar-refractivity contribution in [3.63, 3.8) is 0 Å². The van der Waals surface area contributed by atoms with Gasteiger partial charge in [0.25, 0.3) is 0 Å². The molecule has 3 rings (SSSR count). The van der Waals surface area contributed by atoms with Crippen LogP contribution in [0.4, 0.5) is 0 Å². The minimum absolute atomic E-state index is 0.0112. The van der Waals surface area contributed by atoms with E-state index in [1.165, 1.54) is 38.5 Å². The fourth-order valence-electron chi connectivity index (χ4n) is 3.28. The standard InChI is InChI=1S/C16H21N3O2/c17-14(10-5-3-1-2-4-6-10)11-7-8-12-13(9-11)19-16(21)15(20)18-12/h7-10,14H,1-6,17H2,(H,18,20)(H,19,21). The van der Waals surface area contributed by atoms with Gasteiger partial charge in [-0.25, -0.2) is 0 Å². The highest BCUT2D eigenvalue weighted by Gasteiger charge is 2.21. The Morgan fingerprint density at radius 3 is 2.24 bits per heavy atom. The average molecular weight is 287 g/mol. The van der Waals surface area contributed by atoms with E-state index >= 15 is 0 Å². The fourth-order valence-corrected chi connectivity index (χ4v) is 3.28. The van der Waals surface area contributed by atoms with Crippen LogP contribution in [0.15, 0.2) is 27.8 Å². The van der Waals surface area contributed by atoms with Gasteiger partial charge in [0.05, 0.1) is 11.0 Å². The van der Waals surface area contributed by atoms with Crippen molar-refractivity contribution in [2.75, 3.05) is 0 Å². The van der Waals surface area contributed by atoms with Gasteiger partial charge in [-0.1, -0.05) is 31.7 Å². The minimum Gasteiger partial charge on any atom is -0.324 e. The molecule has 0 amide bonds. The maximum absolute atomic E-state index is 11.4. The summed E-state index contributed by atoms with van der Waals surface area (Å²) in [5, 5.41) is 0. The number of hydrogen-bond donors (Lipinski definition) is 3. The highest BCUT2D eigenvalue weighted by atomic mass is 16.2. The van der Waals surface area contributed by atoms with Crippen LogP contribution in [0.5, 0.6) is 0 Å².